The van der Waals surface area contributed by atoms with Gasteiger partial charge in [-0.05, 0) is 31.0 Å². The zero-order valence-electron chi connectivity index (χ0n) is 9.89. The molecule has 0 aromatic heterocycles. The van der Waals surface area contributed by atoms with Crippen LogP contribution in [-0.4, -0.2) is 26.0 Å². The van der Waals surface area contributed by atoms with E-state index in [-0.39, 0.29) is 17.5 Å². The number of nitriles is 1. The van der Waals surface area contributed by atoms with E-state index in [1.807, 2.05) is 0 Å². The quantitative estimate of drug-likeness (QED) is 0.781. The molecule has 18 heavy (non-hydrogen) atoms. The number of hydrogen-bond donors (Lipinski definition) is 2. The third kappa shape index (κ3) is 2.93. The summed E-state index contributed by atoms with van der Waals surface area (Å²) in [5, 5.41) is 12.1. The Kier molecular flexibility index (Phi) is 3.43. The van der Waals surface area contributed by atoms with Gasteiger partial charge in [-0.15, -0.1) is 0 Å². The minimum absolute atomic E-state index is 0.102. The Morgan fingerprint density at radius 2 is 2.00 bits per heavy atom. The maximum Gasteiger partial charge on any atom is 0.150 e. The van der Waals surface area contributed by atoms with Crippen molar-refractivity contribution < 1.29 is 8.42 Å². The van der Waals surface area contributed by atoms with Gasteiger partial charge in [0.05, 0.1) is 34.5 Å². The van der Waals surface area contributed by atoms with Crippen molar-refractivity contribution in [1.29, 1.82) is 5.26 Å². The molecule has 5 nitrogen and oxygen atoms in total. The Morgan fingerprint density at radius 1 is 1.33 bits per heavy atom. The fourth-order valence-corrected chi connectivity index (χ4v) is 3.50. The van der Waals surface area contributed by atoms with Crippen molar-refractivity contribution in [3.8, 4) is 6.07 Å². The third-order valence-corrected chi connectivity index (χ3v) is 4.81. The van der Waals surface area contributed by atoms with E-state index in [2.05, 4.69) is 11.4 Å². The highest BCUT2D eigenvalue weighted by molar-refractivity contribution is 7.91. The van der Waals surface area contributed by atoms with Gasteiger partial charge in [-0.25, -0.2) is 8.42 Å². The summed E-state index contributed by atoms with van der Waals surface area (Å²) in [5.74, 6) is 0.422. The number of rotatable bonds is 2. The van der Waals surface area contributed by atoms with Gasteiger partial charge < -0.3 is 11.1 Å². The maximum atomic E-state index is 11.3. The molecule has 1 aromatic rings. The van der Waals surface area contributed by atoms with Crippen LogP contribution in [0.25, 0.3) is 0 Å². The zero-order chi connectivity index (χ0) is 13.2. The summed E-state index contributed by atoms with van der Waals surface area (Å²) < 4.78 is 22.6. The number of nitrogens with zero attached hydrogens (tertiary/aromatic N) is 1. The average molecular weight is 265 g/mol. The van der Waals surface area contributed by atoms with Crippen LogP contribution < -0.4 is 11.1 Å². The Hall–Kier alpha value is -1.74. The van der Waals surface area contributed by atoms with Gasteiger partial charge in [-0.1, -0.05) is 0 Å². The second-order valence-corrected chi connectivity index (χ2v) is 6.79. The van der Waals surface area contributed by atoms with Gasteiger partial charge in [0, 0.05) is 6.04 Å². The molecule has 0 unspecified atom stereocenters. The van der Waals surface area contributed by atoms with Crippen molar-refractivity contribution in [3.05, 3.63) is 23.8 Å². The molecule has 1 aliphatic heterocycles. The lowest BCUT2D eigenvalue weighted by Gasteiger charge is -2.24. The van der Waals surface area contributed by atoms with Gasteiger partial charge in [0.25, 0.3) is 0 Å². The van der Waals surface area contributed by atoms with Crippen molar-refractivity contribution in [3.63, 3.8) is 0 Å². The minimum Gasteiger partial charge on any atom is -0.397 e. The van der Waals surface area contributed by atoms with E-state index in [1.165, 1.54) is 0 Å². The van der Waals surface area contributed by atoms with Crippen LogP contribution in [0.3, 0.4) is 0 Å². The highest BCUT2D eigenvalue weighted by Gasteiger charge is 2.23. The van der Waals surface area contributed by atoms with Crippen LogP contribution in [0.1, 0.15) is 18.4 Å². The second kappa shape index (κ2) is 4.86. The molecule has 1 heterocycles. The molecule has 1 fully saturated rings. The molecule has 6 heteroatoms. The molecule has 0 spiro atoms. The van der Waals surface area contributed by atoms with Crippen LogP contribution in [0.2, 0.25) is 0 Å². The van der Waals surface area contributed by atoms with E-state index in [1.54, 1.807) is 18.2 Å². The van der Waals surface area contributed by atoms with Crippen molar-refractivity contribution in [1.82, 2.24) is 0 Å². The summed E-state index contributed by atoms with van der Waals surface area (Å²) in [6.45, 7) is 0. The Balaban J connectivity index is 2.09. The van der Waals surface area contributed by atoms with E-state index >= 15 is 0 Å². The monoisotopic (exact) mass is 265 g/mol. The molecule has 0 amide bonds. The fourth-order valence-electron chi connectivity index (χ4n) is 2.01. The average Bonchev–Trinajstić information content (AvgIpc) is 2.34. The van der Waals surface area contributed by atoms with Gasteiger partial charge >= 0.3 is 0 Å². The smallest absolute Gasteiger partial charge is 0.150 e. The molecule has 0 bridgehead atoms. The topological polar surface area (TPSA) is 96.0 Å². The first-order valence-corrected chi connectivity index (χ1v) is 7.59. The standard InChI is InChI=1S/C12H15N3O2S/c13-8-9-1-2-11(14)12(7-9)15-10-3-5-18(16,17)6-4-10/h1-2,7,10,15H,3-6,14H2. The molecule has 0 atom stereocenters. The van der Waals surface area contributed by atoms with Crippen molar-refractivity contribution in [2.75, 3.05) is 22.6 Å². The van der Waals surface area contributed by atoms with Crippen LogP contribution >= 0.6 is 0 Å². The second-order valence-electron chi connectivity index (χ2n) is 4.48. The first-order valence-electron chi connectivity index (χ1n) is 5.77. The van der Waals surface area contributed by atoms with Gasteiger partial charge in [0.15, 0.2) is 0 Å². The molecule has 1 aliphatic rings. The molecule has 1 aromatic carbocycles. The SMILES string of the molecule is N#Cc1ccc(N)c(NC2CCS(=O)(=O)CC2)c1. The summed E-state index contributed by atoms with van der Waals surface area (Å²) in [5.41, 5.74) is 7.64. The fraction of sp³-hybridized carbons (Fsp3) is 0.417. The van der Waals surface area contributed by atoms with E-state index < -0.39 is 9.84 Å². The number of sulfone groups is 1. The predicted molar refractivity (Wildman–Crippen MR) is 70.9 cm³/mol. The van der Waals surface area contributed by atoms with Crippen molar-refractivity contribution in [2.45, 2.75) is 18.9 Å². The Bertz CT molecular complexity index is 576. The van der Waals surface area contributed by atoms with Crippen LogP contribution in [0.15, 0.2) is 18.2 Å². The molecule has 96 valence electrons. The van der Waals surface area contributed by atoms with E-state index in [9.17, 15) is 8.42 Å². The Morgan fingerprint density at radius 3 is 2.61 bits per heavy atom. The van der Waals surface area contributed by atoms with Gasteiger partial charge in [0.1, 0.15) is 9.84 Å². The summed E-state index contributed by atoms with van der Waals surface area (Å²) in [6, 6.07) is 7.19. The van der Waals surface area contributed by atoms with Gasteiger partial charge in [-0.2, -0.15) is 5.26 Å². The summed E-state index contributed by atoms with van der Waals surface area (Å²) in [6.07, 6.45) is 1.16. The molecule has 1 saturated heterocycles. The molecule has 0 saturated carbocycles. The Labute approximate surface area is 107 Å². The number of nitrogens with two attached hydrogens (primary N) is 1. The lowest BCUT2D eigenvalue weighted by atomic mass is 10.1. The lowest BCUT2D eigenvalue weighted by Crippen LogP contribution is -2.32. The van der Waals surface area contributed by atoms with Crippen LogP contribution in [0.4, 0.5) is 11.4 Å². The van der Waals surface area contributed by atoms with E-state index in [0.29, 0.717) is 29.8 Å². The van der Waals surface area contributed by atoms with Gasteiger partial charge in [-0.3, -0.25) is 0 Å². The lowest BCUT2D eigenvalue weighted by molar-refractivity contribution is 0.559. The van der Waals surface area contributed by atoms with E-state index in [0.717, 1.165) is 0 Å². The highest BCUT2D eigenvalue weighted by Crippen LogP contribution is 2.23. The molecular formula is C12H15N3O2S. The van der Waals surface area contributed by atoms with Crippen LogP contribution in [0.5, 0.6) is 0 Å². The summed E-state index contributed by atoms with van der Waals surface area (Å²) >= 11 is 0. The number of benzene rings is 1. The molecule has 3 N–H and O–H groups in total. The zero-order valence-corrected chi connectivity index (χ0v) is 10.7. The number of nitrogen functional groups attached to an aromatic ring is 1. The maximum absolute atomic E-state index is 11.3. The minimum atomic E-state index is -2.85. The van der Waals surface area contributed by atoms with Crippen LogP contribution in [-0.2, 0) is 9.84 Å². The first kappa shape index (κ1) is 12.7. The molecule has 0 radical (unpaired) electrons. The first-order chi connectivity index (χ1) is 8.50. The highest BCUT2D eigenvalue weighted by atomic mass is 32.2. The number of hydrogen-bond acceptors (Lipinski definition) is 5. The number of nitrogens with one attached hydrogen (secondary N) is 1. The largest absolute Gasteiger partial charge is 0.397 e. The van der Waals surface area contributed by atoms with Crippen molar-refractivity contribution in [2.24, 2.45) is 0 Å². The summed E-state index contributed by atoms with van der Waals surface area (Å²) in [4.78, 5) is 0. The molecular weight excluding hydrogens is 250 g/mol. The molecule has 2 rings (SSSR count). The van der Waals surface area contributed by atoms with Crippen LogP contribution in [0, 0.1) is 11.3 Å². The van der Waals surface area contributed by atoms with Crippen molar-refractivity contribution >= 4 is 21.2 Å². The summed E-state index contributed by atoms with van der Waals surface area (Å²) in [7, 11) is -2.85. The molecule has 0 aliphatic carbocycles. The predicted octanol–water partition coefficient (Wildman–Crippen LogP) is 1.13. The van der Waals surface area contributed by atoms with E-state index in [4.69, 9.17) is 11.0 Å². The third-order valence-electron chi connectivity index (χ3n) is 3.10. The normalized spacial score (nSPS) is 19.1. The number of anilines is 2. The van der Waals surface area contributed by atoms with Gasteiger partial charge in [0.2, 0.25) is 0 Å².